The van der Waals surface area contributed by atoms with Crippen molar-refractivity contribution in [2.45, 2.75) is 32.9 Å². The summed E-state index contributed by atoms with van der Waals surface area (Å²) < 4.78 is 5.79. The zero-order valence-corrected chi connectivity index (χ0v) is 9.44. The zero-order chi connectivity index (χ0) is 12.3. The predicted octanol–water partition coefficient (Wildman–Crippen LogP) is -0.122. The Balaban J connectivity index is 2.86. The predicted molar refractivity (Wildman–Crippen MR) is 57.2 cm³/mol. The van der Waals surface area contributed by atoms with Gasteiger partial charge in [-0.1, -0.05) is 0 Å². The van der Waals surface area contributed by atoms with Crippen LogP contribution in [0.25, 0.3) is 0 Å². The fourth-order valence-electron chi connectivity index (χ4n) is 1.10. The van der Waals surface area contributed by atoms with Gasteiger partial charge in [0.05, 0.1) is 0 Å². The van der Waals surface area contributed by atoms with Crippen molar-refractivity contribution < 1.29 is 9.53 Å². The molecule has 6 nitrogen and oxygen atoms in total. The van der Waals surface area contributed by atoms with Crippen LogP contribution in [-0.4, -0.2) is 21.1 Å². The van der Waals surface area contributed by atoms with Gasteiger partial charge < -0.3 is 9.72 Å². The minimum absolute atomic E-state index is 0.383. The lowest BCUT2D eigenvalue weighted by atomic mass is 10.2. The number of aromatic amines is 1. The molecule has 0 bridgehead atoms. The molecule has 16 heavy (non-hydrogen) atoms. The summed E-state index contributed by atoms with van der Waals surface area (Å²) in [6.45, 7) is 4.75. The third-order valence-corrected chi connectivity index (χ3v) is 1.65. The van der Waals surface area contributed by atoms with Gasteiger partial charge in [-0.2, -0.15) is 0 Å². The number of rotatable bonds is 2. The SMILES string of the molecule is CC(C)(C)OC(=O)Cn1c(=O)cc[nH]c1=O. The summed E-state index contributed by atoms with van der Waals surface area (Å²) in [4.78, 5) is 36.2. The molecule has 0 saturated heterocycles. The maximum Gasteiger partial charge on any atom is 0.328 e. The fourth-order valence-corrected chi connectivity index (χ4v) is 1.10. The molecular formula is C10H14N2O4. The quantitative estimate of drug-likeness (QED) is 0.713. The number of carbonyl (C=O) groups is 1. The summed E-state index contributed by atoms with van der Waals surface area (Å²) in [5.74, 6) is -0.619. The Hall–Kier alpha value is -1.85. The van der Waals surface area contributed by atoms with Crippen LogP contribution in [-0.2, 0) is 16.1 Å². The van der Waals surface area contributed by atoms with E-state index >= 15 is 0 Å². The Kier molecular flexibility index (Phi) is 3.31. The second kappa shape index (κ2) is 4.34. The van der Waals surface area contributed by atoms with Crippen LogP contribution in [0, 0.1) is 0 Å². The van der Waals surface area contributed by atoms with E-state index in [4.69, 9.17) is 4.74 Å². The summed E-state index contributed by atoms with van der Waals surface area (Å²) in [5.41, 5.74) is -1.80. The van der Waals surface area contributed by atoms with E-state index in [2.05, 4.69) is 4.98 Å². The second-order valence-corrected chi connectivity index (χ2v) is 4.29. The lowest BCUT2D eigenvalue weighted by Crippen LogP contribution is -2.38. The first kappa shape index (κ1) is 12.2. The van der Waals surface area contributed by atoms with Gasteiger partial charge in [-0.25, -0.2) is 9.36 Å². The van der Waals surface area contributed by atoms with Crippen molar-refractivity contribution >= 4 is 5.97 Å². The van der Waals surface area contributed by atoms with Crippen molar-refractivity contribution in [3.63, 3.8) is 0 Å². The van der Waals surface area contributed by atoms with Crippen molar-refractivity contribution in [1.82, 2.24) is 9.55 Å². The lowest BCUT2D eigenvalue weighted by Gasteiger charge is -2.19. The van der Waals surface area contributed by atoms with Gasteiger partial charge in [0.2, 0.25) is 0 Å². The molecule has 0 spiro atoms. The first-order valence-electron chi connectivity index (χ1n) is 4.80. The highest BCUT2D eigenvalue weighted by Crippen LogP contribution is 2.06. The molecule has 0 aliphatic carbocycles. The number of esters is 1. The van der Waals surface area contributed by atoms with E-state index < -0.39 is 22.8 Å². The number of carbonyl (C=O) groups excluding carboxylic acids is 1. The molecule has 1 rings (SSSR count). The molecule has 1 heterocycles. The van der Waals surface area contributed by atoms with E-state index in [9.17, 15) is 14.4 Å². The van der Waals surface area contributed by atoms with Crippen molar-refractivity contribution in [3.05, 3.63) is 33.1 Å². The highest BCUT2D eigenvalue weighted by Gasteiger charge is 2.17. The molecule has 88 valence electrons. The Morgan fingerprint density at radius 1 is 1.44 bits per heavy atom. The minimum atomic E-state index is -0.637. The van der Waals surface area contributed by atoms with Crippen LogP contribution >= 0.6 is 0 Å². The van der Waals surface area contributed by atoms with Crippen molar-refractivity contribution in [3.8, 4) is 0 Å². The number of hydrogen-bond donors (Lipinski definition) is 1. The van der Waals surface area contributed by atoms with E-state index in [0.717, 1.165) is 4.57 Å². The van der Waals surface area contributed by atoms with Gasteiger partial charge in [0.25, 0.3) is 5.56 Å². The monoisotopic (exact) mass is 226 g/mol. The molecule has 6 heteroatoms. The summed E-state index contributed by atoms with van der Waals surface area (Å²) in [6.07, 6.45) is 1.23. The molecular weight excluding hydrogens is 212 g/mol. The normalized spacial score (nSPS) is 11.2. The van der Waals surface area contributed by atoms with Crippen molar-refractivity contribution in [2.24, 2.45) is 0 Å². The van der Waals surface area contributed by atoms with E-state index in [1.807, 2.05) is 0 Å². The Labute approximate surface area is 91.9 Å². The van der Waals surface area contributed by atoms with Gasteiger partial charge in [0, 0.05) is 12.3 Å². The molecule has 1 N–H and O–H groups in total. The zero-order valence-electron chi connectivity index (χ0n) is 9.44. The first-order chi connectivity index (χ1) is 7.29. The molecule has 0 atom stereocenters. The standard InChI is InChI=1S/C10H14N2O4/c1-10(2,3)16-8(14)6-12-7(13)4-5-11-9(12)15/h4-5H,6H2,1-3H3,(H,11,15). The van der Waals surface area contributed by atoms with Crippen LogP contribution in [0.1, 0.15) is 20.8 Å². The third kappa shape index (κ3) is 3.38. The maximum atomic E-state index is 11.4. The largest absolute Gasteiger partial charge is 0.459 e. The van der Waals surface area contributed by atoms with Gasteiger partial charge in [-0.3, -0.25) is 9.59 Å². The third-order valence-electron chi connectivity index (χ3n) is 1.65. The van der Waals surface area contributed by atoms with Gasteiger partial charge in [0.15, 0.2) is 0 Å². The van der Waals surface area contributed by atoms with Gasteiger partial charge in [-0.05, 0) is 20.8 Å². The van der Waals surface area contributed by atoms with E-state index in [0.29, 0.717) is 0 Å². The number of nitrogens with one attached hydrogen (secondary N) is 1. The number of ether oxygens (including phenoxy) is 1. The van der Waals surface area contributed by atoms with E-state index in [1.54, 1.807) is 20.8 Å². The number of nitrogens with zero attached hydrogens (tertiary/aromatic N) is 1. The molecule has 0 aromatic carbocycles. The van der Waals surface area contributed by atoms with E-state index in [-0.39, 0.29) is 6.54 Å². The van der Waals surface area contributed by atoms with Crippen LogP contribution in [0.5, 0.6) is 0 Å². The molecule has 0 aliphatic rings. The Morgan fingerprint density at radius 2 is 2.06 bits per heavy atom. The molecule has 0 unspecified atom stereocenters. The van der Waals surface area contributed by atoms with E-state index in [1.165, 1.54) is 12.3 Å². The van der Waals surface area contributed by atoms with Crippen molar-refractivity contribution in [1.29, 1.82) is 0 Å². The maximum absolute atomic E-state index is 11.4. The summed E-state index contributed by atoms with van der Waals surface area (Å²) in [6, 6.07) is 1.17. The molecule has 0 radical (unpaired) electrons. The van der Waals surface area contributed by atoms with Crippen LogP contribution in [0.15, 0.2) is 21.9 Å². The lowest BCUT2D eigenvalue weighted by molar-refractivity contribution is -0.155. The minimum Gasteiger partial charge on any atom is -0.459 e. The molecule has 1 aromatic heterocycles. The van der Waals surface area contributed by atoms with Crippen molar-refractivity contribution in [2.75, 3.05) is 0 Å². The van der Waals surface area contributed by atoms with Crippen LogP contribution in [0.3, 0.4) is 0 Å². The molecule has 0 aliphatic heterocycles. The van der Waals surface area contributed by atoms with Crippen LogP contribution < -0.4 is 11.2 Å². The smallest absolute Gasteiger partial charge is 0.328 e. The summed E-state index contributed by atoms with van der Waals surface area (Å²) >= 11 is 0. The van der Waals surface area contributed by atoms with Gasteiger partial charge in [-0.15, -0.1) is 0 Å². The van der Waals surface area contributed by atoms with Crippen LogP contribution in [0.2, 0.25) is 0 Å². The Morgan fingerprint density at radius 3 is 2.56 bits per heavy atom. The molecule has 0 saturated carbocycles. The Bertz CT molecular complexity index is 464. The van der Waals surface area contributed by atoms with Gasteiger partial charge >= 0.3 is 11.7 Å². The molecule has 0 fully saturated rings. The number of aromatic nitrogens is 2. The molecule has 1 aromatic rings. The summed E-state index contributed by atoms with van der Waals surface area (Å²) in [5, 5.41) is 0. The second-order valence-electron chi connectivity index (χ2n) is 4.29. The first-order valence-corrected chi connectivity index (χ1v) is 4.80. The topological polar surface area (TPSA) is 81.2 Å². The molecule has 0 amide bonds. The average molecular weight is 226 g/mol. The van der Waals surface area contributed by atoms with Gasteiger partial charge in [0.1, 0.15) is 12.1 Å². The highest BCUT2D eigenvalue weighted by atomic mass is 16.6. The average Bonchev–Trinajstić information content (AvgIpc) is 2.08. The summed E-state index contributed by atoms with van der Waals surface area (Å²) in [7, 11) is 0. The number of hydrogen-bond acceptors (Lipinski definition) is 4. The fraction of sp³-hybridized carbons (Fsp3) is 0.500. The van der Waals surface area contributed by atoms with Crippen LogP contribution in [0.4, 0.5) is 0 Å². The number of H-pyrrole nitrogens is 1. The highest BCUT2D eigenvalue weighted by molar-refractivity contribution is 5.69.